The van der Waals surface area contributed by atoms with Gasteiger partial charge in [0, 0.05) is 30.7 Å². The van der Waals surface area contributed by atoms with E-state index in [4.69, 9.17) is 11.6 Å². The molecule has 1 fully saturated rings. The number of nitrogens with zero attached hydrogens (tertiary/aromatic N) is 1. The van der Waals surface area contributed by atoms with Crippen molar-refractivity contribution in [2.75, 3.05) is 26.2 Å². The largest absolute Gasteiger partial charge is 0.314 e. The Morgan fingerprint density at radius 1 is 1.04 bits per heavy atom. The first-order valence-electron chi connectivity index (χ1n) is 9.06. The van der Waals surface area contributed by atoms with Gasteiger partial charge in [-0.05, 0) is 48.2 Å². The highest BCUT2D eigenvalue weighted by molar-refractivity contribution is 6.30. The number of benzene rings is 2. The number of halogens is 1. The van der Waals surface area contributed by atoms with Crippen molar-refractivity contribution in [1.82, 2.24) is 10.2 Å². The molecule has 3 heteroatoms. The predicted octanol–water partition coefficient (Wildman–Crippen LogP) is 4.62. The molecule has 1 aliphatic rings. The van der Waals surface area contributed by atoms with E-state index in [9.17, 15) is 0 Å². The summed E-state index contributed by atoms with van der Waals surface area (Å²) in [5, 5.41) is 4.33. The quantitative estimate of drug-likeness (QED) is 0.823. The van der Waals surface area contributed by atoms with Gasteiger partial charge in [-0.25, -0.2) is 0 Å². The monoisotopic (exact) mass is 342 g/mol. The van der Waals surface area contributed by atoms with Crippen LogP contribution in [0.4, 0.5) is 0 Å². The summed E-state index contributed by atoms with van der Waals surface area (Å²) < 4.78 is 0. The van der Waals surface area contributed by atoms with Crippen LogP contribution in [0, 0.1) is 0 Å². The molecule has 24 heavy (non-hydrogen) atoms. The van der Waals surface area contributed by atoms with Gasteiger partial charge in [0.25, 0.3) is 0 Å². The van der Waals surface area contributed by atoms with Crippen LogP contribution >= 0.6 is 11.6 Å². The molecule has 1 saturated heterocycles. The summed E-state index contributed by atoms with van der Waals surface area (Å²) in [5.41, 5.74) is 3.89. The van der Waals surface area contributed by atoms with Crippen LogP contribution in [0.5, 0.6) is 0 Å². The third-order valence-electron chi connectivity index (χ3n) is 4.87. The van der Waals surface area contributed by atoms with E-state index in [2.05, 4.69) is 53.5 Å². The highest BCUT2D eigenvalue weighted by Crippen LogP contribution is 2.22. The van der Waals surface area contributed by atoms with E-state index >= 15 is 0 Å². The van der Waals surface area contributed by atoms with Crippen molar-refractivity contribution in [2.24, 2.45) is 0 Å². The molecule has 0 bridgehead atoms. The lowest BCUT2D eigenvalue weighted by molar-refractivity contribution is 0.158. The Balaban J connectivity index is 1.65. The Morgan fingerprint density at radius 2 is 1.71 bits per heavy atom. The fraction of sp³-hybridized carbons (Fsp3) is 0.429. The van der Waals surface area contributed by atoms with Crippen molar-refractivity contribution in [1.29, 1.82) is 0 Å². The summed E-state index contributed by atoms with van der Waals surface area (Å²) >= 11 is 5.97. The van der Waals surface area contributed by atoms with Crippen molar-refractivity contribution >= 4 is 11.6 Å². The van der Waals surface area contributed by atoms with E-state index in [1.807, 2.05) is 12.1 Å². The van der Waals surface area contributed by atoms with Gasteiger partial charge in [-0.15, -0.1) is 0 Å². The highest BCUT2D eigenvalue weighted by Gasteiger charge is 2.21. The average Bonchev–Trinajstić information content (AvgIpc) is 2.62. The van der Waals surface area contributed by atoms with Crippen LogP contribution in [0.15, 0.2) is 48.5 Å². The Labute approximate surface area is 150 Å². The highest BCUT2D eigenvalue weighted by atomic mass is 35.5. The molecule has 2 aromatic carbocycles. The molecule has 0 saturated carbocycles. The van der Waals surface area contributed by atoms with Crippen LogP contribution < -0.4 is 5.32 Å². The molecule has 0 amide bonds. The molecule has 1 aliphatic heterocycles. The molecule has 2 nitrogen and oxygen atoms in total. The smallest absolute Gasteiger partial charge is 0.0406 e. The molecule has 1 atom stereocenters. The molecule has 1 N–H and O–H groups in total. The number of rotatable bonds is 6. The van der Waals surface area contributed by atoms with Crippen LogP contribution in [0.2, 0.25) is 5.02 Å². The summed E-state index contributed by atoms with van der Waals surface area (Å²) in [6.07, 6.45) is 3.69. The molecule has 1 heterocycles. The van der Waals surface area contributed by atoms with E-state index in [-0.39, 0.29) is 0 Å². The molecule has 0 radical (unpaired) electrons. The number of unbranched alkanes of at least 4 members (excludes halogenated alkanes) is 1. The third-order valence-corrected chi connectivity index (χ3v) is 5.13. The molecule has 128 valence electrons. The Hall–Kier alpha value is -1.35. The summed E-state index contributed by atoms with van der Waals surface area (Å²) in [7, 11) is 0. The Kier molecular flexibility index (Phi) is 6.30. The number of piperazine rings is 1. The van der Waals surface area contributed by atoms with Gasteiger partial charge >= 0.3 is 0 Å². The van der Waals surface area contributed by atoms with E-state index in [0.29, 0.717) is 6.04 Å². The third kappa shape index (κ3) is 4.60. The van der Waals surface area contributed by atoms with Gasteiger partial charge < -0.3 is 5.32 Å². The minimum absolute atomic E-state index is 0.617. The summed E-state index contributed by atoms with van der Waals surface area (Å²) in [6, 6.07) is 17.7. The minimum Gasteiger partial charge on any atom is -0.314 e. The zero-order valence-electron chi connectivity index (χ0n) is 14.5. The van der Waals surface area contributed by atoms with E-state index in [1.54, 1.807) is 0 Å². The van der Waals surface area contributed by atoms with Crippen molar-refractivity contribution in [3.05, 3.63) is 59.1 Å². The second-order valence-electron chi connectivity index (χ2n) is 6.66. The second kappa shape index (κ2) is 8.66. The number of hydrogen-bond donors (Lipinski definition) is 1. The molecule has 0 spiro atoms. The van der Waals surface area contributed by atoms with Crippen LogP contribution in [0.25, 0.3) is 11.1 Å². The van der Waals surface area contributed by atoms with Gasteiger partial charge in [0.2, 0.25) is 0 Å². The van der Waals surface area contributed by atoms with Crippen molar-refractivity contribution in [3.63, 3.8) is 0 Å². The summed E-state index contributed by atoms with van der Waals surface area (Å²) in [6.45, 7) is 6.89. The zero-order valence-corrected chi connectivity index (χ0v) is 15.2. The van der Waals surface area contributed by atoms with E-state index in [1.165, 1.54) is 42.6 Å². The first-order chi connectivity index (χ1) is 11.8. The maximum absolute atomic E-state index is 5.97. The molecule has 3 rings (SSSR count). The molecule has 0 aliphatic carbocycles. The lowest BCUT2D eigenvalue weighted by Crippen LogP contribution is -2.52. The molecule has 1 unspecified atom stereocenters. The fourth-order valence-electron chi connectivity index (χ4n) is 3.41. The second-order valence-corrected chi connectivity index (χ2v) is 7.09. The van der Waals surface area contributed by atoms with Gasteiger partial charge in [-0.3, -0.25) is 4.90 Å². The predicted molar refractivity (Wildman–Crippen MR) is 104 cm³/mol. The first kappa shape index (κ1) is 17.5. The van der Waals surface area contributed by atoms with E-state index in [0.717, 1.165) is 24.5 Å². The molecular weight excluding hydrogens is 316 g/mol. The summed E-state index contributed by atoms with van der Waals surface area (Å²) in [4.78, 5) is 2.66. The van der Waals surface area contributed by atoms with Crippen molar-refractivity contribution in [2.45, 2.75) is 32.2 Å². The SMILES string of the molecule is CCCCN1CCNCC1Cc1ccc(-c2ccc(Cl)cc2)cc1. The minimum atomic E-state index is 0.617. The number of nitrogens with one attached hydrogen (secondary N) is 1. The number of hydrogen-bond acceptors (Lipinski definition) is 2. The zero-order chi connectivity index (χ0) is 16.8. The van der Waals surface area contributed by atoms with Gasteiger partial charge in [0.1, 0.15) is 0 Å². The van der Waals surface area contributed by atoms with Crippen LogP contribution in [-0.4, -0.2) is 37.1 Å². The topological polar surface area (TPSA) is 15.3 Å². The lowest BCUT2D eigenvalue weighted by atomic mass is 9.99. The van der Waals surface area contributed by atoms with Crippen LogP contribution in [0.1, 0.15) is 25.3 Å². The van der Waals surface area contributed by atoms with Crippen molar-refractivity contribution < 1.29 is 0 Å². The Bertz CT molecular complexity index is 621. The normalized spacial score (nSPS) is 18.7. The van der Waals surface area contributed by atoms with Crippen LogP contribution in [-0.2, 0) is 6.42 Å². The first-order valence-corrected chi connectivity index (χ1v) is 9.43. The maximum Gasteiger partial charge on any atom is 0.0406 e. The Morgan fingerprint density at radius 3 is 2.38 bits per heavy atom. The molecular formula is C21H27ClN2. The van der Waals surface area contributed by atoms with Crippen LogP contribution in [0.3, 0.4) is 0 Å². The standard InChI is InChI=1S/C21H27ClN2/c1-2-3-13-24-14-12-23-16-21(24)15-17-4-6-18(7-5-17)19-8-10-20(22)11-9-19/h4-11,21,23H,2-3,12-16H2,1H3. The fourth-order valence-corrected chi connectivity index (χ4v) is 3.53. The molecule has 0 aromatic heterocycles. The van der Waals surface area contributed by atoms with Crippen molar-refractivity contribution in [3.8, 4) is 11.1 Å². The van der Waals surface area contributed by atoms with E-state index < -0.39 is 0 Å². The van der Waals surface area contributed by atoms with Gasteiger partial charge in [-0.2, -0.15) is 0 Å². The average molecular weight is 343 g/mol. The summed E-state index contributed by atoms with van der Waals surface area (Å²) in [5.74, 6) is 0. The maximum atomic E-state index is 5.97. The molecule has 2 aromatic rings. The van der Waals surface area contributed by atoms with Gasteiger partial charge in [-0.1, -0.05) is 61.3 Å². The van der Waals surface area contributed by atoms with Gasteiger partial charge in [0.15, 0.2) is 0 Å². The van der Waals surface area contributed by atoms with Gasteiger partial charge in [0.05, 0.1) is 0 Å². The lowest BCUT2D eigenvalue weighted by Gasteiger charge is -2.36.